The molecule has 1 atom stereocenters. The van der Waals surface area contributed by atoms with Gasteiger partial charge in [0.05, 0.1) is 0 Å². The first-order valence-corrected chi connectivity index (χ1v) is 8.30. The number of likely N-dealkylation sites (tertiary alicyclic amines) is 1. The Bertz CT molecular complexity index is 819. The lowest BCUT2D eigenvalue weighted by molar-refractivity contribution is -0.130. The van der Waals surface area contributed by atoms with E-state index in [-0.39, 0.29) is 23.4 Å². The number of benzene rings is 1. The summed E-state index contributed by atoms with van der Waals surface area (Å²) >= 11 is 0. The maximum Gasteiger partial charge on any atom is 0.316 e. The fraction of sp³-hybridized carbons (Fsp3) is 0.471. The van der Waals surface area contributed by atoms with E-state index in [9.17, 15) is 13.6 Å². The zero-order valence-electron chi connectivity index (χ0n) is 13.8. The zero-order chi connectivity index (χ0) is 17.6. The summed E-state index contributed by atoms with van der Waals surface area (Å²) < 4.78 is 31.7. The second kappa shape index (κ2) is 5.79. The topological polar surface area (TPSA) is 71.3 Å². The van der Waals surface area contributed by atoms with Gasteiger partial charge >= 0.3 is 6.01 Å². The number of aromatic nitrogens is 2. The predicted octanol–water partition coefficient (Wildman–Crippen LogP) is 2.83. The summed E-state index contributed by atoms with van der Waals surface area (Å²) in [5, 5.41) is 10.5. The molecule has 1 saturated heterocycles. The summed E-state index contributed by atoms with van der Waals surface area (Å²) in [6.07, 6.45) is 3.49. The molecular formula is C17H18F2N4O2. The number of hydrogen-bond acceptors (Lipinski definition) is 5. The highest BCUT2D eigenvalue weighted by Gasteiger charge is 2.49. The molecule has 2 fully saturated rings. The molecule has 1 aromatic carbocycles. The average molecular weight is 348 g/mol. The van der Waals surface area contributed by atoms with E-state index in [1.807, 2.05) is 4.90 Å². The van der Waals surface area contributed by atoms with Crippen LogP contribution in [0.1, 0.15) is 26.2 Å². The Morgan fingerprint density at radius 2 is 2.08 bits per heavy atom. The van der Waals surface area contributed by atoms with Crippen LogP contribution in [0.2, 0.25) is 0 Å². The van der Waals surface area contributed by atoms with Crippen molar-refractivity contribution in [1.82, 2.24) is 15.1 Å². The molecule has 0 bridgehead atoms. The van der Waals surface area contributed by atoms with E-state index in [4.69, 9.17) is 4.42 Å². The van der Waals surface area contributed by atoms with Gasteiger partial charge in [0.1, 0.15) is 6.04 Å². The van der Waals surface area contributed by atoms with Gasteiger partial charge in [-0.15, -0.1) is 5.10 Å². The molecule has 1 aromatic heterocycles. The molecule has 132 valence electrons. The van der Waals surface area contributed by atoms with Crippen molar-refractivity contribution in [2.75, 3.05) is 18.4 Å². The van der Waals surface area contributed by atoms with Crippen LogP contribution >= 0.6 is 0 Å². The van der Waals surface area contributed by atoms with E-state index in [1.54, 1.807) is 6.92 Å². The van der Waals surface area contributed by atoms with Gasteiger partial charge < -0.3 is 14.6 Å². The van der Waals surface area contributed by atoms with E-state index in [0.717, 1.165) is 31.6 Å². The van der Waals surface area contributed by atoms with Crippen molar-refractivity contribution in [2.24, 2.45) is 5.41 Å². The largest absolute Gasteiger partial charge is 0.403 e. The van der Waals surface area contributed by atoms with Gasteiger partial charge in [-0.2, -0.15) is 0 Å². The Morgan fingerprint density at radius 1 is 1.28 bits per heavy atom. The Kier molecular flexibility index (Phi) is 3.70. The summed E-state index contributed by atoms with van der Waals surface area (Å²) in [7, 11) is 0. The van der Waals surface area contributed by atoms with Crippen LogP contribution in [-0.4, -0.2) is 40.1 Å². The maximum atomic E-state index is 13.3. The molecule has 0 radical (unpaired) electrons. The lowest BCUT2D eigenvalue weighted by atomic mass is 10.1. The van der Waals surface area contributed by atoms with Crippen molar-refractivity contribution < 1.29 is 18.0 Å². The lowest BCUT2D eigenvalue weighted by Gasteiger charge is -2.21. The smallest absolute Gasteiger partial charge is 0.316 e. The highest BCUT2D eigenvalue weighted by Crippen LogP contribution is 2.52. The molecule has 1 aliphatic carbocycles. The van der Waals surface area contributed by atoms with Gasteiger partial charge in [-0.1, -0.05) is 5.10 Å². The molecule has 2 aliphatic rings. The van der Waals surface area contributed by atoms with Crippen molar-refractivity contribution in [3.63, 3.8) is 0 Å². The first-order valence-electron chi connectivity index (χ1n) is 8.30. The number of anilines is 1. The third kappa shape index (κ3) is 3.08. The number of nitrogens with zero attached hydrogens (tertiary/aromatic N) is 3. The molecule has 1 saturated carbocycles. The lowest BCUT2D eigenvalue weighted by Crippen LogP contribution is -2.40. The fourth-order valence-electron chi connectivity index (χ4n) is 3.26. The van der Waals surface area contributed by atoms with Crippen LogP contribution in [0.5, 0.6) is 0 Å². The van der Waals surface area contributed by atoms with Gasteiger partial charge in [-0.3, -0.25) is 4.79 Å². The van der Waals surface area contributed by atoms with Crippen LogP contribution in [0.4, 0.5) is 14.8 Å². The number of carbonyl (C=O) groups is 1. The Labute approximate surface area is 143 Å². The Morgan fingerprint density at radius 3 is 2.76 bits per heavy atom. The summed E-state index contributed by atoms with van der Waals surface area (Å²) in [4.78, 5) is 14.4. The van der Waals surface area contributed by atoms with Crippen molar-refractivity contribution in [3.8, 4) is 11.5 Å². The van der Waals surface area contributed by atoms with Gasteiger partial charge in [0.15, 0.2) is 11.6 Å². The summed E-state index contributed by atoms with van der Waals surface area (Å²) in [6, 6.07) is 2.90. The predicted molar refractivity (Wildman–Crippen MR) is 85.6 cm³/mol. The first-order chi connectivity index (χ1) is 12.0. The number of halogens is 2. The molecule has 8 heteroatoms. The summed E-state index contributed by atoms with van der Waals surface area (Å²) in [5.74, 6) is -1.88. The molecule has 0 unspecified atom stereocenters. The molecule has 4 rings (SSSR count). The Balaban J connectivity index is 1.41. The van der Waals surface area contributed by atoms with Gasteiger partial charge in [0, 0.05) is 18.7 Å². The molecule has 2 aromatic rings. The zero-order valence-corrected chi connectivity index (χ0v) is 13.8. The standard InChI is InChI=1S/C17H18F2N4O2/c1-10(15(24)23-7-6-17(9-23)4-5-17)20-16-22-21-14(25-16)11-2-3-12(18)13(19)8-11/h2-3,8,10H,4-7,9H2,1H3,(H,20,22)/t10-/m1/s1. The van der Waals surface area contributed by atoms with Gasteiger partial charge in [-0.05, 0) is 49.8 Å². The van der Waals surface area contributed by atoms with Crippen molar-refractivity contribution in [2.45, 2.75) is 32.2 Å². The van der Waals surface area contributed by atoms with E-state index in [1.165, 1.54) is 18.9 Å². The van der Waals surface area contributed by atoms with Crippen LogP contribution in [0.15, 0.2) is 22.6 Å². The van der Waals surface area contributed by atoms with E-state index in [2.05, 4.69) is 15.5 Å². The average Bonchev–Trinajstić information content (AvgIpc) is 3.00. The molecular weight excluding hydrogens is 330 g/mol. The van der Waals surface area contributed by atoms with Gasteiger partial charge in [0.25, 0.3) is 0 Å². The minimum Gasteiger partial charge on any atom is -0.403 e. The molecule has 6 nitrogen and oxygen atoms in total. The fourth-order valence-corrected chi connectivity index (χ4v) is 3.26. The second-order valence-electron chi connectivity index (χ2n) is 6.92. The molecule has 1 amide bonds. The monoisotopic (exact) mass is 348 g/mol. The van der Waals surface area contributed by atoms with Crippen LogP contribution in [-0.2, 0) is 4.79 Å². The molecule has 1 N–H and O–H groups in total. The normalized spacial score (nSPS) is 19.2. The highest BCUT2D eigenvalue weighted by atomic mass is 19.2. The van der Waals surface area contributed by atoms with Crippen LogP contribution < -0.4 is 5.32 Å². The van der Waals surface area contributed by atoms with Gasteiger partial charge in [-0.25, -0.2) is 8.78 Å². The second-order valence-corrected chi connectivity index (χ2v) is 6.92. The number of nitrogens with one attached hydrogen (secondary N) is 1. The van der Waals surface area contributed by atoms with E-state index in [0.29, 0.717) is 5.41 Å². The summed E-state index contributed by atoms with van der Waals surface area (Å²) in [5.41, 5.74) is 0.647. The van der Waals surface area contributed by atoms with Crippen molar-refractivity contribution >= 4 is 11.9 Å². The Hall–Kier alpha value is -2.51. The van der Waals surface area contributed by atoms with E-state index < -0.39 is 17.7 Å². The third-order valence-corrected chi connectivity index (χ3v) is 5.01. The molecule has 1 aliphatic heterocycles. The number of hydrogen-bond donors (Lipinski definition) is 1. The molecule has 1 spiro atoms. The molecule has 2 heterocycles. The van der Waals surface area contributed by atoms with Crippen LogP contribution in [0, 0.1) is 17.0 Å². The number of rotatable bonds is 4. The minimum absolute atomic E-state index is 0.00338. The van der Waals surface area contributed by atoms with Gasteiger partial charge in [0.2, 0.25) is 11.8 Å². The quantitative estimate of drug-likeness (QED) is 0.920. The van der Waals surface area contributed by atoms with Crippen molar-refractivity contribution in [3.05, 3.63) is 29.8 Å². The van der Waals surface area contributed by atoms with E-state index >= 15 is 0 Å². The maximum absolute atomic E-state index is 13.3. The highest BCUT2D eigenvalue weighted by molar-refractivity contribution is 5.84. The number of carbonyl (C=O) groups excluding carboxylic acids is 1. The SMILES string of the molecule is C[C@@H](Nc1nnc(-c2ccc(F)c(F)c2)o1)C(=O)N1CCC2(CC2)C1. The molecule has 25 heavy (non-hydrogen) atoms. The third-order valence-electron chi connectivity index (χ3n) is 5.01. The number of amides is 1. The van der Waals surface area contributed by atoms with Crippen LogP contribution in [0.3, 0.4) is 0 Å². The van der Waals surface area contributed by atoms with Crippen LogP contribution in [0.25, 0.3) is 11.5 Å². The van der Waals surface area contributed by atoms with Crippen molar-refractivity contribution in [1.29, 1.82) is 0 Å². The minimum atomic E-state index is -0.989. The summed E-state index contributed by atoms with van der Waals surface area (Å²) in [6.45, 7) is 3.35. The first kappa shape index (κ1) is 16.0.